The summed E-state index contributed by atoms with van der Waals surface area (Å²) in [6, 6.07) is 0.159. The van der Waals surface area contributed by atoms with E-state index in [1.54, 1.807) is 0 Å². The lowest BCUT2D eigenvalue weighted by Gasteiger charge is -2.37. The van der Waals surface area contributed by atoms with Crippen LogP contribution in [0.1, 0.15) is 64.7 Å². The third kappa shape index (κ3) is 3.61. The molecule has 5 nitrogen and oxygen atoms in total. The van der Waals surface area contributed by atoms with Crippen molar-refractivity contribution in [1.29, 1.82) is 0 Å². The molecule has 3 aliphatic rings. The molecule has 0 aromatic rings. The van der Waals surface area contributed by atoms with Crippen LogP contribution in [0.15, 0.2) is 0 Å². The Morgan fingerprint density at radius 2 is 1.75 bits per heavy atom. The minimum atomic E-state index is -0.758. The number of aliphatic carboxylic acids is 1. The van der Waals surface area contributed by atoms with Crippen molar-refractivity contribution in [3.8, 4) is 0 Å². The van der Waals surface area contributed by atoms with Gasteiger partial charge in [0.2, 0.25) is 5.91 Å². The fourth-order valence-electron chi connectivity index (χ4n) is 5.12. The van der Waals surface area contributed by atoms with E-state index in [0.29, 0.717) is 18.0 Å². The first-order chi connectivity index (χ1) is 11.5. The number of likely N-dealkylation sites (tertiary alicyclic amines) is 1. The Morgan fingerprint density at radius 1 is 1.08 bits per heavy atom. The molecule has 3 rings (SSSR count). The molecule has 1 amide bonds. The second-order valence-electron chi connectivity index (χ2n) is 8.29. The molecular formula is C19H32N2O3. The van der Waals surface area contributed by atoms with E-state index in [1.165, 1.54) is 19.3 Å². The van der Waals surface area contributed by atoms with Gasteiger partial charge in [-0.3, -0.25) is 14.5 Å². The van der Waals surface area contributed by atoms with Gasteiger partial charge in [-0.2, -0.15) is 0 Å². The van der Waals surface area contributed by atoms with Gasteiger partial charge in [0.05, 0.1) is 6.54 Å². The fraction of sp³-hybridized carbons (Fsp3) is 0.895. The molecule has 1 saturated heterocycles. The van der Waals surface area contributed by atoms with Gasteiger partial charge < -0.3 is 10.0 Å². The van der Waals surface area contributed by atoms with Gasteiger partial charge in [-0.05, 0) is 56.8 Å². The Kier molecular flexibility index (Phi) is 5.48. The molecule has 0 bridgehead atoms. The summed E-state index contributed by atoms with van der Waals surface area (Å²) in [5.41, 5.74) is 0. The first-order valence-corrected chi connectivity index (χ1v) is 9.71. The normalized spacial score (nSPS) is 37.0. The van der Waals surface area contributed by atoms with Crippen molar-refractivity contribution < 1.29 is 14.7 Å². The van der Waals surface area contributed by atoms with E-state index in [4.69, 9.17) is 0 Å². The molecule has 0 aromatic heterocycles. The second-order valence-corrected chi connectivity index (χ2v) is 8.29. The van der Waals surface area contributed by atoms with Crippen molar-refractivity contribution in [2.75, 3.05) is 13.6 Å². The van der Waals surface area contributed by atoms with Crippen LogP contribution >= 0.6 is 0 Å². The van der Waals surface area contributed by atoms with E-state index in [0.717, 1.165) is 44.4 Å². The fourth-order valence-corrected chi connectivity index (χ4v) is 5.12. The maximum absolute atomic E-state index is 12.8. The number of likely N-dealkylation sites (N-methyl/N-ethyl adjacent to an activating group) is 1. The lowest BCUT2D eigenvalue weighted by atomic mass is 9.84. The summed E-state index contributed by atoms with van der Waals surface area (Å²) in [6.45, 7) is 2.56. The summed E-state index contributed by atoms with van der Waals surface area (Å²) < 4.78 is 0. The molecule has 1 heterocycles. The van der Waals surface area contributed by atoms with Crippen LogP contribution in [0.25, 0.3) is 0 Å². The Morgan fingerprint density at radius 3 is 2.42 bits per heavy atom. The van der Waals surface area contributed by atoms with Gasteiger partial charge in [0, 0.05) is 19.1 Å². The molecular weight excluding hydrogens is 304 g/mol. The van der Waals surface area contributed by atoms with Crippen LogP contribution in [0, 0.1) is 11.8 Å². The Hall–Kier alpha value is -1.10. The molecule has 1 N–H and O–H groups in total. The summed E-state index contributed by atoms with van der Waals surface area (Å²) in [5.74, 6) is 0.578. The quantitative estimate of drug-likeness (QED) is 0.857. The van der Waals surface area contributed by atoms with E-state index >= 15 is 0 Å². The molecule has 0 aromatic carbocycles. The standard InChI is InChI=1S/C19H32N2O3/c1-13-7-9-15(10-8-13)20(2)18(22)12-21-16-6-4-3-5-14(16)11-17(21)19(23)24/h13-17H,3-12H2,1-2H3,(H,23,24)/t13?,14-,15?,16-,17-/m0/s1. The highest BCUT2D eigenvalue weighted by Gasteiger charge is 2.46. The molecule has 3 fully saturated rings. The first-order valence-electron chi connectivity index (χ1n) is 9.71. The molecule has 1 aliphatic heterocycles. The third-order valence-electron chi connectivity index (χ3n) is 6.75. The number of nitrogens with zero attached hydrogens (tertiary/aromatic N) is 2. The first kappa shape index (κ1) is 17.7. The summed E-state index contributed by atoms with van der Waals surface area (Å²) >= 11 is 0. The lowest BCUT2D eigenvalue weighted by molar-refractivity contribution is -0.144. The van der Waals surface area contributed by atoms with E-state index in [-0.39, 0.29) is 12.5 Å². The van der Waals surface area contributed by atoms with Crippen LogP contribution in [0.5, 0.6) is 0 Å². The van der Waals surface area contributed by atoms with Gasteiger partial charge >= 0.3 is 5.97 Å². The van der Waals surface area contributed by atoms with Crippen LogP contribution in [-0.2, 0) is 9.59 Å². The zero-order valence-corrected chi connectivity index (χ0v) is 15.1. The number of amides is 1. The zero-order valence-electron chi connectivity index (χ0n) is 15.1. The summed E-state index contributed by atoms with van der Waals surface area (Å²) in [7, 11) is 1.91. The average Bonchev–Trinajstić information content (AvgIpc) is 2.94. The predicted molar refractivity (Wildman–Crippen MR) is 92.7 cm³/mol. The van der Waals surface area contributed by atoms with Crippen LogP contribution in [0.2, 0.25) is 0 Å². The Bertz CT molecular complexity index is 473. The van der Waals surface area contributed by atoms with Crippen molar-refractivity contribution in [3.63, 3.8) is 0 Å². The van der Waals surface area contributed by atoms with Crippen LogP contribution in [0.3, 0.4) is 0 Å². The predicted octanol–water partition coefficient (Wildman–Crippen LogP) is 2.74. The number of fused-ring (bicyclic) bond motifs is 1. The smallest absolute Gasteiger partial charge is 0.320 e. The van der Waals surface area contributed by atoms with E-state index in [1.807, 2.05) is 16.8 Å². The number of rotatable bonds is 4. The SMILES string of the molecule is CC1CCC(N(C)C(=O)CN2[C@H](C(=O)O)C[C@@H]3CCCC[C@@H]32)CC1. The van der Waals surface area contributed by atoms with Gasteiger partial charge in [-0.15, -0.1) is 0 Å². The second kappa shape index (κ2) is 7.42. The molecule has 0 unspecified atom stereocenters. The molecule has 24 heavy (non-hydrogen) atoms. The summed E-state index contributed by atoms with van der Waals surface area (Å²) in [4.78, 5) is 28.4. The number of carbonyl (C=O) groups excluding carboxylic acids is 1. The summed E-state index contributed by atoms with van der Waals surface area (Å²) in [5, 5.41) is 9.59. The Labute approximate surface area is 145 Å². The number of hydrogen-bond donors (Lipinski definition) is 1. The lowest BCUT2D eigenvalue weighted by Crippen LogP contribution is -2.50. The number of carboxylic acids is 1. The van der Waals surface area contributed by atoms with Gasteiger partial charge in [0.25, 0.3) is 0 Å². The van der Waals surface area contributed by atoms with Crippen molar-refractivity contribution in [1.82, 2.24) is 9.80 Å². The van der Waals surface area contributed by atoms with Gasteiger partial charge in [-0.25, -0.2) is 0 Å². The molecule has 2 aliphatic carbocycles. The highest BCUT2D eigenvalue weighted by molar-refractivity contribution is 5.80. The monoisotopic (exact) mass is 336 g/mol. The average molecular weight is 336 g/mol. The highest BCUT2D eigenvalue weighted by atomic mass is 16.4. The number of carboxylic acid groups (broad SMARTS) is 1. The van der Waals surface area contributed by atoms with Crippen LogP contribution < -0.4 is 0 Å². The van der Waals surface area contributed by atoms with E-state index in [2.05, 4.69) is 6.92 Å². The van der Waals surface area contributed by atoms with Crippen molar-refractivity contribution in [2.45, 2.75) is 82.8 Å². The number of hydrogen-bond acceptors (Lipinski definition) is 3. The van der Waals surface area contributed by atoms with E-state index in [9.17, 15) is 14.7 Å². The van der Waals surface area contributed by atoms with E-state index < -0.39 is 12.0 Å². The van der Waals surface area contributed by atoms with Crippen molar-refractivity contribution in [3.05, 3.63) is 0 Å². The minimum absolute atomic E-state index is 0.104. The van der Waals surface area contributed by atoms with Gasteiger partial charge in [0.15, 0.2) is 0 Å². The summed E-state index contributed by atoms with van der Waals surface area (Å²) in [6.07, 6.45) is 9.79. The van der Waals surface area contributed by atoms with Crippen molar-refractivity contribution in [2.24, 2.45) is 11.8 Å². The van der Waals surface area contributed by atoms with Gasteiger partial charge in [-0.1, -0.05) is 19.8 Å². The topological polar surface area (TPSA) is 60.9 Å². The number of carbonyl (C=O) groups is 2. The molecule has 5 heteroatoms. The zero-order chi connectivity index (χ0) is 17.3. The molecule has 0 radical (unpaired) electrons. The maximum atomic E-state index is 12.8. The third-order valence-corrected chi connectivity index (χ3v) is 6.75. The maximum Gasteiger partial charge on any atom is 0.320 e. The minimum Gasteiger partial charge on any atom is -0.480 e. The van der Waals surface area contributed by atoms with Crippen molar-refractivity contribution >= 4 is 11.9 Å². The Balaban J connectivity index is 1.63. The molecule has 0 spiro atoms. The molecule has 3 atom stereocenters. The highest BCUT2D eigenvalue weighted by Crippen LogP contribution is 2.39. The van der Waals surface area contributed by atoms with Crippen LogP contribution in [0.4, 0.5) is 0 Å². The molecule has 2 saturated carbocycles. The largest absolute Gasteiger partial charge is 0.480 e. The van der Waals surface area contributed by atoms with Crippen LogP contribution in [-0.4, -0.2) is 58.5 Å². The van der Waals surface area contributed by atoms with Gasteiger partial charge in [0.1, 0.15) is 6.04 Å². The molecule has 136 valence electrons.